The smallest absolute Gasteiger partial charge is 0.231 e. The van der Waals surface area contributed by atoms with Crippen LogP contribution >= 0.6 is 11.8 Å². The number of amides is 1. The fourth-order valence-electron chi connectivity index (χ4n) is 2.29. The SMILES string of the molecule is Cn1c(SCC(=O)CC(=O)Nc2ccccc2)nnc1-c1cccnc1. The van der Waals surface area contributed by atoms with Crippen LogP contribution in [0.5, 0.6) is 0 Å². The van der Waals surface area contributed by atoms with E-state index in [1.54, 1.807) is 29.1 Å². The minimum Gasteiger partial charge on any atom is -0.326 e. The van der Waals surface area contributed by atoms with E-state index < -0.39 is 0 Å². The molecule has 0 saturated carbocycles. The zero-order valence-electron chi connectivity index (χ0n) is 14.1. The first kappa shape index (κ1) is 17.8. The van der Waals surface area contributed by atoms with Gasteiger partial charge in [-0.25, -0.2) is 0 Å². The van der Waals surface area contributed by atoms with Crippen molar-refractivity contribution in [1.82, 2.24) is 19.7 Å². The summed E-state index contributed by atoms with van der Waals surface area (Å²) in [5.41, 5.74) is 1.52. The average molecular weight is 367 g/mol. The van der Waals surface area contributed by atoms with Gasteiger partial charge in [-0.15, -0.1) is 10.2 Å². The number of hydrogen-bond acceptors (Lipinski definition) is 6. The number of ketones is 1. The second-order valence-corrected chi connectivity index (χ2v) is 6.47. The minimum absolute atomic E-state index is 0.154. The highest BCUT2D eigenvalue weighted by Crippen LogP contribution is 2.22. The summed E-state index contributed by atoms with van der Waals surface area (Å²) in [6.45, 7) is 0. The Hall–Kier alpha value is -3.00. The molecule has 1 aromatic carbocycles. The monoisotopic (exact) mass is 367 g/mol. The summed E-state index contributed by atoms with van der Waals surface area (Å²) >= 11 is 1.26. The van der Waals surface area contributed by atoms with Gasteiger partial charge in [0.05, 0.1) is 12.2 Å². The number of nitrogens with one attached hydrogen (secondary N) is 1. The Morgan fingerprint density at radius 2 is 1.92 bits per heavy atom. The highest BCUT2D eigenvalue weighted by molar-refractivity contribution is 7.99. The van der Waals surface area contributed by atoms with E-state index in [2.05, 4.69) is 20.5 Å². The number of carbonyl (C=O) groups is 2. The zero-order valence-corrected chi connectivity index (χ0v) is 14.9. The third-order valence-electron chi connectivity index (χ3n) is 3.53. The van der Waals surface area contributed by atoms with Gasteiger partial charge in [0, 0.05) is 30.7 Å². The van der Waals surface area contributed by atoms with Crippen molar-refractivity contribution < 1.29 is 9.59 Å². The molecule has 1 amide bonds. The van der Waals surface area contributed by atoms with Crippen LogP contribution in [-0.2, 0) is 16.6 Å². The Labute approximate surface area is 154 Å². The largest absolute Gasteiger partial charge is 0.326 e. The Morgan fingerprint density at radius 3 is 2.65 bits per heavy atom. The maximum atomic E-state index is 12.1. The number of Topliss-reactive ketones (excluding diaryl/α,β-unsaturated/α-hetero) is 1. The molecule has 26 heavy (non-hydrogen) atoms. The minimum atomic E-state index is -0.323. The van der Waals surface area contributed by atoms with Gasteiger partial charge in [-0.1, -0.05) is 30.0 Å². The van der Waals surface area contributed by atoms with Crippen molar-refractivity contribution in [3.63, 3.8) is 0 Å². The lowest BCUT2D eigenvalue weighted by atomic mass is 10.2. The predicted molar refractivity (Wildman–Crippen MR) is 99.7 cm³/mol. The van der Waals surface area contributed by atoms with E-state index in [1.165, 1.54) is 11.8 Å². The lowest BCUT2D eigenvalue weighted by Gasteiger charge is -2.05. The van der Waals surface area contributed by atoms with E-state index >= 15 is 0 Å². The number of aromatic nitrogens is 4. The molecule has 0 atom stereocenters. The van der Waals surface area contributed by atoms with Crippen molar-refractivity contribution in [1.29, 1.82) is 0 Å². The van der Waals surface area contributed by atoms with Crippen molar-refractivity contribution in [2.45, 2.75) is 11.6 Å². The van der Waals surface area contributed by atoms with Crippen molar-refractivity contribution in [3.8, 4) is 11.4 Å². The Kier molecular flexibility index (Phi) is 5.75. The van der Waals surface area contributed by atoms with Gasteiger partial charge in [0.25, 0.3) is 0 Å². The summed E-state index contributed by atoms with van der Waals surface area (Å²) in [6.07, 6.45) is 3.22. The molecule has 0 aliphatic heterocycles. The summed E-state index contributed by atoms with van der Waals surface area (Å²) in [6, 6.07) is 12.8. The van der Waals surface area contributed by atoms with Crippen LogP contribution in [0.1, 0.15) is 6.42 Å². The molecule has 0 aliphatic carbocycles. The van der Waals surface area contributed by atoms with E-state index in [9.17, 15) is 9.59 Å². The lowest BCUT2D eigenvalue weighted by Crippen LogP contribution is -2.17. The van der Waals surface area contributed by atoms with Crippen molar-refractivity contribution in [2.24, 2.45) is 7.05 Å². The van der Waals surface area contributed by atoms with Crippen LogP contribution in [-0.4, -0.2) is 37.2 Å². The van der Waals surface area contributed by atoms with Gasteiger partial charge in [-0.2, -0.15) is 0 Å². The molecular weight excluding hydrogens is 350 g/mol. The fourth-order valence-corrected chi connectivity index (χ4v) is 3.06. The normalized spacial score (nSPS) is 10.5. The highest BCUT2D eigenvalue weighted by Gasteiger charge is 2.15. The van der Waals surface area contributed by atoms with Gasteiger partial charge in [0.15, 0.2) is 16.8 Å². The van der Waals surface area contributed by atoms with Gasteiger partial charge in [0.2, 0.25) is 5.91 Å². The first-order chi connectivity index (χ1) is 12.6. The van der Waals surface area contributed by atoms with Crippen LogP contribution in [0.3, 0.4) is 0 Å². The average Bonchev–Trinajstić information content (AvgIpc) is 3.02. The summed E-state index contributed by atoms with van der Waals surface area (Å²) in [5.74, 6) is 0.335. The molecule has 0 spiro atoms. The molecule has 0 saturated heterocycles. The summed E-state index contributed by atoms with van der Waals surface area (Å²) in [7, 11) is 1.83. The topological polar surface area (TPSA) is 89.8 Å². The first-order valence-electron chi connectivity index (χ1n) is 7.92. The van der Waals surface area contributed by atoms with E-state index in [0.29, 0.717) is 16.7 Å². The predicted octanol–water partition coefficient (Wildman–Crippen LogP) is 2.57. The molecule has 2 aromatic heterocycles. The number of pyridine rings is 1. The van der Waals surface area contributed by atoms with Gasteiger partial charge in [0.1, 0.15) is 0 Å². The number of thioether (sulfide) groups is 1. The van der Waals surface area contributed by atoms with Crippen LogP contribution in [0.2, 0.25) is 0 Å². The number of carbonyl (C=O) groups excluding carboxylic acids is 2. The lowest BCUT2D eigenvalue weighted by molar-refractivity contribution is -0.123. The molecule has 7 nitrogen and oxygen atoms in total. The quantitative estimate of drug-likeness (QED) is 0.510. The Bertz CT molecular complexity index is 896. The molecule has 132 valence electrons. The van der Waals surface area contributed by atoms with E-state index in [1.807, 2.05) is 37.4 Å². The molecule has 0 fully saturated rings. The maximum Gasteiger partial charge on any atom is 0.231 e. The number of para-hydroxylation sites is 1. The van der Waals surface area contributed by atoms with Gasteiger partial charge >= 0.3 is 0 Å². The second kappa shape index (κ2) is 8.39. The number of anilines is 1. The third-order valence-corrected chi connectivity index (χ3v) is 4.61. The summed E-state index contributed by atoms with van der Waals surface area (Å²) < 4.78 is 1.80. The Balaban J connectivity index is 1.53. The second-order valence-electron chi connectivity index (χ2n) is 5.53. The number of nitrogens with zero attached hydrogens (tertiary/aromatic N) is 4. The molecular formula is C18H17N5O2S. The van der Waals surface area contributed by atoms with Crippen LogP contribution in [0, 0.1) is 0 Å². The third kappa shape index (κ3) is 4.54. The first-order valence-corrected chi connectivity index (χ1v) is 8.91. The summed E-state index contributed by atoms with van der Waals surface area (Å²) in [5, 5.41) is 11.6. The fraction of sp³-hybridized carbons (Fsp3) is 0.167. The van der Waals surface area contributed by atoms with Crippen molar-refractivity contribution >= 4 is 29.1 Å². The van der Waals surface area contributed by atoms with Crippen molar-refractivity contribution in [3.05, 3.63) is 54.9 Å². The number of benzene rings is 1. The van der Waals surface area contributed by atoms with Crippen LogP contribution in [0.4, 0.5) is 5.69 Å². The van der Waals surface area contributed by atoms with Crippen LogP contribution in [0.15, 0.2) is 60.0 Å². The molecule has 1 N–H and O–H groups in total. The van der Waals surface area contributed by atoms with Gasteiger partial charge < -0.3 is 9.88 Å². The molecule has 3 rings (SSSR count). The molecule has 3 aromatic rings. The molecule has 0 bridgehead atoms. The van der Waals surface area contributed by atoms with Crippen LogP contribution in [0.25, 0.3) is 11.4 Å². The molecule has 0 unspecified atom stereocenters. The van der Waals surface area contributed by atoms with Crippen LogP contribution < -0.4 is 5.32 Å². The molecule has 2 heterocycles. The number of rotatable bonds is 7. The standard InChI is InChI=1S/C18H17N5O2S/c1-23-17(13-6-5-9-19-11-13)21-22-18(23)26-12-15(24)10-16(25)20-14-7-3-2-4-8-14/h2-9,11H,10,12H2,1H3,(H,20,25). The number of hydrogen-bond donors (Lipinski definition) is 1. The molecule has 0 aliphatic rings. The highest BCUT2D eigenvalue weighted by atomic mass is 32.2. The van der Waals surface area contributed by atoms with E-state index in [0.717, 1.165) is 5.56 Å². The zero-order chi connectivity index (χ0) is 18.4. The maximum absolute atomic E-state index is 12.1. The van der Waals surface area contributed by atoms with E-state index in [4.69, 9.17) is 0 Å². The Morgan fingerprint density at radius 1 is 1.12 bits per heavy atom. The van der Waals surface area contributed by atoms with Gasteiger partial charge in [-0.3, -0.25) is 14.6 Å². The van der Waals surface area contributed by atoms with Gasteiger partial charge in [-0.05, 0) is 24.3 Å². The van der Waals surface area contributed by atoms with Crippen molar-refractivity contribution in [2.75, 3.05) is 11.1 Å². The summed E-state index contributed by atoms with van der Waals surface area (Å²) in [4.78, 5) is 28.0. The molecule has 0 radical (unpaired) electrons. The van der Waals surface area contributed by atoms with E-state index in [-0.39, 0.29) is 23.9 Å². The molecule has 8 heteroatoms.